The van der Waals surface area contributed by atoms with E-state index in [0.29, 0.717) is 15.4 Å². The molecule has 1 aromatic carbocycles. The van der Waals surface area contributed by atoms with Gasteiger partial charge in [0.15, 0.2) is 0 Å². The Balaban J connectivity index is 3.21. The van der Waals surface area contributed by atoms with Gasteiger partial charge in [-0.25, -0.2) is 0 Å². The van der Waals surface area contributed by atoms with Gasteiger partial charge in [-0.2, -0.15) is 0 Å². The molecule has 60 valence electrons. The van der Waals surface area contributed by atoms with Crippen LogP contribution in [0.2, 0.25) is 10.0 Å². The Labute approximate surface area is 83.1 Å². The van der Waals surface area contributed by atoms with E-state index in [2.05, 4.69) is 15.9 Å². The van der Waals surface area contributed by atoms with Gasteiger partial charge < -0.3 is 5.11 Å². The van der Waals surface area contributed by atoms with Crippen LogP contribution in [0.4, 0.5) is 0 Å². The molecule has 0 unspecified atom stereocenters. The molecule has 0 aliphatic rings. The van der Waals surface area contributed by atoms with Gasteiger partial charge in [0.2, 0.25) is 0 Å². The molecule has 0 radical (unpaired) electrons. The van der Waals surface area contributed by atoms with Crippen LogP contribution in [0.25, 0.3) is 0 Å². The average molecular weight is 256 g/mol. The van der Waals surface area contributed by atoms with Crippen LogP contribution in [0.1, 0.15) is 5.56 Å². The smallest absolute Gasteiger partial charge is 0.121 e. The monoisotopic (exact) mass is 254 g/mol. The van der Waals surface area contributed by atoms with Crippen molar-refractivity contribution >= 4 is 39.1 Å². The molecule has 1 rings (SSSR count). The van der Waals surface area contributed by atoms with Crippen LogP contribution in [-0.2, 0) is 5.33 Å². The van der Waals surface area contributed by atoms with Crippen molar-refractivity contribution in [1.29, 1.82) is 0 Å². The molecule has 0 saturated carbocycles. The van der Waals surface area contributed by atoms with E-state index in [1.165, 1.54) is 6.07 Å². The molecule has 1 nitrogen and oxygen atoms in total. The summed E-state index contributed by atoms with van der Waals surface area (Å²) >= 11 is 14.5. The fourth-order valence-electron chi connectivity index (χ4n) is 0.685. The van der Waals surface area contributed by atoms with Gasteiger partial charge in [0.1, 0.15) is 5.75 Å². The number of benzene rings is 1. The Morgan fingerprint density at radius 1 is 1.27 bits per heavy atom. The SMILES string of the molecule is Oc1cc(Cl)c(Cl)cc1CBr. The zero-order valence-corrected chi connectivity index (χ0v) is 8.54. The summed E-state index contributed by atoms with van der Waals surface area (Å²) in [6.45, 7) is 0. The number of hydrogen-bond acceptors (Lipinski definition) is 1. The Kier molecular flexibility index (Phi) is 3.05. The lowest BCUT2D eigenvalue weighted by Gasteiger charge is -2.02. The molecule has 0 aromatic heterocycles. The Hall–Kier alpha value is 0.0800. The lowest BCUT2D eigenvalue weighted by atomic mass is 10.2. The van der Waals surface area contributed by atoms with Crippen LogP contribution < -0.4 is 0 Å². The summed E-state index contributed by atoms with van der Waals surface area (Å²) in [6.07, 6.45) is 0. The highest BCUT2D eigenvalue weighted by Gasteiger charge is 2.04. The van der Waals surface area contributed by atoms with Gasteiger partial charge in [-0.15, -0.1) is 0 Å². The maximum Gasteiger partial charge on any atom is 0.121 e. The van der Waals surface area contributed by atoms with Crippen molar-refractivity contribution in [1.82, 2.24) is 0 Å². The van der Waals surface area contributed by atoms with Gasteiger partial charge in [0.05, 0.1) is 10.0 Å². The van der Waals surface area contributed by atoms with Crippen molar-refractivity contribution < 1.29 is 5.11 Å². The van der Waals surface area contributed by atoms with Crippen molar-refractivity contribution in [2.24, 2.45) is 0 Å². The van der Waals surface area contributed by atoms with Gasteiger partial charge in [0.25, 0.3) is 0 Å². The number of phenolic OH excluding ortho intramolecular Hbond substituents is 1. The van der Waals surface area contributed by atoms with E-state index >= 15 is 0 Å². The molecule has 1 N–H and O–H groups in total. The minimum atomic E-state index is 0.163. The second-order valence-corrected chi connectivity index (χ2v) is 3.40. The maximum absolute atomic E-state index is 9.24. The van der Waals surface area contributed by atoms with E-state index in [9.17, 15) is 5.11 Å². The molecule has 11 heavy (non-hydrogen) atoms. The highest BCUT2D eigenvalue weighted by atomic mass is 79.9. The lowest BCUT2D eigenvalue weighted by molar-refractivity contribution is 0.471. The van der Waals surface area contributed by atoms with Gasteiger partial charge in [-0.3, -0.25) is 0 Å². The molecular weight excluding hydrogens is 251 g/mol. The van der Waals surface area contributed by atoms with Gasteiger partial charge >= 0.3 is 0 Å². The van der Waals surface area contributed by atoms with Crippen molar-refractivity contribution in [2.75, 3.05) is 0 Å². The molecule has 0 aliphatic carbocycles. The Bertz CT molecular complexity index is 275. The van der Waals surface area contributed by atoms with Crippen LogP contribution in [0.3, 0.4) is 0 Å². The molecule has 0 saturated heterocycles. The van der Waals surface area contributed by atoms with E-state index in [1.807, 2.05) is 0 Å². The second kappa shape index (κ2) is 3.65. The molecule has 0 heterocycles. The predicted octanol–water partition coefficient (Wildman–Crippen LogP) is 3.59. The summed E-state index contributed by atoms with van der Waals surface area (Å²) in [7, 11) is 0. The number of rotatable bonds is 1. The average Bonchev–Trinajstić information content (AvgIpc) is 1.97. The minimum absolute atomic E-state index is 0.163. The number of hydrogen-bond donors (Lipinski definition) is 1. The molecule has 0 spiro atoms. The summed E-state index contributed by atoms with van der Waals surface area (Å²) in [4.78, 5) is 0. The van der Waals surface area contributed by atoms with E-state index in [0.717, 1.165) is 5.56 Å². The number of aromatic hydroxyl groups is 1. The van der Waals surface area contributed by atoms with Crippen LogP contribution >= 0.6 is 39.1 Å². The summed E-state index contributed by atoms with van der Waals surface area (Å²) in [6, 6.07) is 3.06. The highest BCUT2D eigenvalue weighted by molar-refractivity contribution is 9.08. The van der Waals surface area contributed by atoms with Crippen LogP contribution in [0.15, 0.2) is 12.1 Å². The normalized spacial score (nSPS) is 10.1. The molecule has 0 atom stereocenters. The highest BCUT2D eigenvalue weighted by Crippen LogP contribution is 2.30. The summed E-state index contributed by atoms with van der Waals surface area (Å²) in [5, 5.41) is 10.6. The standard InChI is InChI=1S/C7H5BrCl2O/c8-3-4-1-5(9)6(10)2-7(4)11/h1-2,11H,3H2. The van der Waals surface area contributed by atoms with Crippen LogP contribution in [0.5, 0.6) is 5.75 Å². The zero-order chi connectivity index (χ0) is 8.43. The second-order valence-electron chi connectivity index (χ2n) is 2.03. The van der Waals surface area contributed by atoms with Crippen LogP contribution in [0, 0.1) is 0 Å². The van der Waals surface area contributed by atoms with E-state index in [4.69, 9.17) is 23.2 Å². The van der Waals surface area contributed by atoms with Crippen LogP contribution in [-0.4, -0.2) is 5.11 Å². The first-order chi connectivity index (χ1) is 5.15. The number of alkyl halides is 1. The molecule has 0 aliphatic heterocycles. The Morgan fingerprint density at radius 2 is 1.82 bits per heavy atom. The Morgan fingerprint density at radius 3 is 2.36 bits per heavy atom. The summed E-state index contributed by atoms with van der Waals surface area (Å²) in [5.74, 6) is 0.163. The van der Waals surface area contributed by atoms with Crippen molar-refractivity contribution in [3.8, 4) is 5.75 Å². The fraction of sp³-hybridized carbons (Fsp3) is 0.143. The molecule has 4 heteroatoms. The van der Waals surface area contributed by atoms with Gasteiger partial charge in [0, 0.05) is 17.0 Å². The third kappa shape index (κ3) is 2.01. The van der Waals surface area contributed by atoms with Crippen molar-refractivity contribution in [2.45, 2.75) is 5.33 Å². The topological polar surface area (TPSA) is 20.2 Å². The molecule has 0 amide bonds. The minimum Gasteiger partial charge on any atom is -0.508 e. The molecular formula is C7H5BrCl2O. The number of phenols is 1. The largest absolute Gasteiger partial charge is 0.508 e. The zero-order valence-electron chi connectivity index (χ0n) is 5.44. The first-order valence-corrected chi connectivity index (χ1v) is 4.75. The van der Waals surface area contributed by atoms with Gasteiger partial charge in [-0.1, -0.05) is 39.1 Å². The lowest BCUT2D eigenvalue weighted by Crippen LogP contribution is -1.79. The predicted molar refractivity (Wildman–Crippen MR) is 50.8 cm³/mol. The first-order valence-electron chi connectivity index (χ1n) is 2.88. The third-order valence-electron chi connectivity index (χ3n) is 1.27. The maximum atomic E-state index is 9.24. The fourth-order valence-corrected chi connectivity index (χ4v) is 1.48. The van der Waals surface area contributed by atoms with Crippen molar-refractivity contribution in [3.05, 3.63) is 27.7 Å². The van der Waals surface area contributed by atoms with E-state index in [-0.39, 0.29) is 5.75 Å². The molecule has 0 fully saturated rings. The summed E-state index contributed by atoms with van der Waals surface area (Å²) in [5.41, 5.74) is 0.736. The quantitative estimate of drug-likeness (QED) is 0.761. The summed E-state index contributed by atoms with van der Waals surface area (Å²) < 4.78 is 0. The number of halogens is 3. The van der Waals surface area contributed by atoms with E-state index in [1.54, 1.807) is 6.07 Å². The third-order valence-corrected chi connectivity index (χ3v) is 2.59. The van der Waals surface area contributed by atoms with Crippen molar-refractivity contribution in [3.63, 3.8) is 0 Å². The first kappa shape index (κ1) is 9.17. The van der Waals surface area contributed by atoms with Gasteiger partial charge in [-0.05, 0) is 6.07 Å². The molecule has 1 aromatic rings. The van der Waals surface area contributed by atoms with E-state index < -0.39 is 0 Å². The molecule has 0 bridgehead atoms.